The third-order valence-corrected chi connectivity index (χ3v) is 2.62. The van der Waals surface area contributed by atoms with Crippen LogP contribution in [0.5, 0.6) is 0 Å². The Hall–Kier alpha value is -1.07. The van der Waals surface area contributed by atoms with Crippen molar-refractivity contribution in [3.05, 3.63) is 11.5 Å². The van der Waals surface area contributed by atoms with E-state index < -0.39 is 0 Å². The van der Waals surface area contributed by atoms with Crippen molar-refractivity contribution in [1.29, 1.82) is 0 Å². The first-order valence-corrected chi connectivity index (χ1v) is 5.84. The monoisotopic (exact) mass is 257 g/mol. The molecule has 0 unspecified atom stereocenters. The number of nitrogen functional groups attached to an aromatic ring is 1. The second-order valence-corrected chi connectivity index (χ2v) is 5.54. The summed E-state index contributed by atoms with van der Waals surface area (Å²) in [6, 6.07) is 0. The molecule has 17 heavy (non-hydrogen) atoms. The molecule has 1 heterocycles. The SMILES string of the molecule is CN(C)CC(C)(C)CNc1ncnc(Cl)c1N. The number of rotatable bonds is 5. The summed E-state index contributed by atoms with van der Waals surface area (Å²) in [6.45, 7) is 6.10. The minimum Gasteiger partial charge on any atom is -0.393 e. The Kier molecular flexibility index (Phi) is 4.54. The Morgan fingerprint density at radius 2 is 2.06 bits per heavy atom. The molecule has 0 aromatic carbocycles. The van der Waals surface area contributed by atoms with E-state index >= 15 is 0 Å². The Bertz CT molecular complexity index is 378. The summed E-state index contributed by atoms with van der Waals surface area (Å²) in [5.41, 5.74) is 6.30. The van der Waals surface area contributed by atoms with E-state index in [0.29, 0.717) is 11.5 Å². The maximum atomic E-state index is 5.82. The van der Waals surface area contributed by atoms with Gasteiger partial charge in [-0.15, -0.1) is 0 Å². The zero-order valence-electron chi connectivity index (χ0n) is 10.8. The van der Waals surface area contributed by atoms with Crippen LogP contribution in [0.15, 0.2) is 6.33 Å². The molecule has 1 aromatic rings. The maximum absolute atomic E-state index is 5.82. The molecule has 0 aliphatic heterocycles. The van der Waals surface area contributed by atoms with Crippen molar-refractivity contribution in [3.8, 4) is 0 Å². The highest BCUT2D eigenvalue weighted by molar-refractivity contribution is 6.32. The number of hydrogen-bond donors (Lipinski definition) is 2. The normalized spacial score (nSPS) is 11.9. The van der Waals surface area contributed by atoms with Gasteiger partial charge in [-0.2, -0.15) is 0 Å². The highest BCUT2D eigenvalue weighted by atomic mass is 35.5. The third-order valence-electron chi connectivity index (χ3n) is 2.31. The van der Waals surface area contributed by atoms with Crippen LogP contribution in [0, 0.1) is 5.41 Å². The summed E-state index contributed by atoms with van der Waals surface area (Å²) >= 11 is 5.82. The Morgan fingerprint density at radius 3 is 2.65 bits per heavy atom. The van der Waals surface area contributed by atoms with Gasteiger partial charge in [-0.1, -0.05) is 25.4 Å². The molecule has 1 aromatic heterocycles. The number of hydrogen-bond acceptors (Lipinski definition) is 5. The molecule has 0 radical (unpaired) electrons. The molecule has 0 spiro atoms. The Balaban J connectivity index is 2.64. The summed E-state index contributed by atoms with van der Waals surface area (Å²) in [5, 5.41) is 3.50. The standard InChI is InChI=1S/C11H20ClN5/c1-11(2,6-17(3)4)5-14-10-8(13)9(12)15-7-16-10/h7H,5-6,13H2,1-4H3,(H,14,15,16). The van der Waals surface area contributed by atoms with Gasteiger partial charge in [0.15, 0.2) is 11.0 Å². The van der Waals surface area contributed by atoms with Gasteiger partial charge in [0.05, 0.1) is 0 Å². The molecular weight excluding hydrogens is 238 g/mol. The predicted molar refractivity (Wildman–Crippen MR) is 72.3 cm³/mol. The van der Waals surface area contributed by atoms with Crippen LogP contribution in [-0.4, -0.2) is 42.1 Å². The molecule has 0 aliphatic carbocycles. The molecule has 0 bridgehead atoms. The number of halogens is 1. The highest BCUT2D eigenvalue weighted by Crippen LogP contribution is 2.24. The van der Waals surface area contributed by atoms with E-state index in [1.54, 1.807) is 0 Å². The van der Waals surface area contributed by atoms with Crippen molar-refractivity contribution in [2.75, 3.05) is 38.2 Å². The van der Waals surface area contributed by atoms with Gasteiger partial charge in [0, 0.05) is 13.1 Å². The largest absolute Gasteiger partial charge is 0.393 e. The van der Waals surface area contributed by atoms with E-state index in [-0.39, 0.29) is 10.6 Å². The fourth-order valence-electron chi connectivity index (χ4n) is 1.75. The molecule has 0 saturated carbocycles. The Morgan fingerprint density at radius 1 is 1.41 bits per heavy atom. The van der Waals surface area contributed by atoms with Crippen molar-refractivity contribution >= 4 is 23.1 Å². The van der Waals surface area contributed by atoms with E-state index in [4.69, 9.17) is 17.3 Å². The topological polar surface area (TPSA) is 67.1 Å². The lowest BCUT2D eigenvalue weighted by Gasteiger charge is -2.28. The second kappa shape index (κ2) is 5.51. The van der Waals surface area contributed by atoms with Crippen molar-refractivity contribution in [2.24, 2.45) is 5.41 Å². The molecule has 0 aliphatic rings. The molecule has 0 saturated heterocycles. The van der Waals surface area contributed by atoms with E-state index in [9.17, 15) is 0 Å². The van der Waals surface area contributed by atoms with Crippen molar-refractivity contribution in [3.63, 3.8) is 0 Å². The van der Waals surface area contributed by atoms with Gasteiger partial charge in [-0.25, -0.2) is 9.97 Å². The van der Waals surface area contributed by atoms with Crippen LogP contribution in [0.25, 0.3) is 0 Å². The lowest BCUT2D eigenvalue weighted by Crippen LogP contribution is -2.34. The first-order valence-electron chi connectivity index (χ1n) is 5.46. The number of aromatic nitrogens is 2. The van der Waals surface area contributed by atoms with Crippen molar-refractivity contribution < 1.29 is 0 Å². The van der Waals surface area contributed by atoms with Gasteiger partial charge in [0.1, 0.15) is 12.0 Å². The molecule has 5 nitrogen and oxygen atoms in total. The maximum Gasteiger partial charge on any atom is 0.157 e. The van der Waals surface area contributed by atoms with Gasteiger partial charge in [-0.05, 0) is 19.5 Å². The number of nitrogens with two attached hydrogens (primary N) is 1. The molecule has 96 valence electrons. The lowest BCUT2D eigenvalue weighted by atomic mass is 9.93. The average Bonchev–Trinajstić information content (AvgIpc) is 2.18. The fraction of sp³-hybridized carbons (Fsp3) is 0.636. The van der Waals surface area contributed by atoms with Crippen LogP contribution in [0.2, 0.25) is 5.15 Å². The smallest absolute Gasteiger partial charge is 0.157 e. The quantitative estimate of drug-likeness (QED) is 0.786. The van der Waals surface area contributed by atoms with Gasteiger partial charge in [0.2, 0.25) is 0 Å². The van der Waals surface area contributed by atoms with Crippen LogP contribution < -0.4 is 11.1 Å². The van der Waals surface area contributed by atoms with E-state index in [0.717, 1.165) is 13.1 Å². The van der Waals surface area contributed by atoms with Gasteiger partial charge in [0.25, 0.3) is 0 Å². The fourth-order valence-corrected chi connectivity index (χ4v) is 1.88. The second-order valence-electron chi connectivity index (χ2n) is 5.18. The molecule has 1 rings (SSSR count). The van der Waals surface area contributed by atoms with Crippen LogP contribution in [-0.2, 0) is 0 Å². The zero-order valence-corrected chi connectivity index (χ0v) is 11.5. The first kappa shape index (κ1) is 14.0. The summed E-state index contributed by atoms with van der Waals surface area (Å²) in [7, 11) is 4.11. The molecular formula is C11H20ClN5. The lowest BCUT2D eigenvalue weighted by molar-refractivity contribution is 0.254. The van der Waals surface area contributed by atoms with E-state index in [1.807, 2.05) is 0 Å². The first-order chi connectivity index (χ1) is 7.82. The van der Waals surface area contributed by atoms with Crippen LogP contribution >= 0.6 is 11.6 Å². The summed E-state index contributed by atoms with van der Waals surface area (Å²) in [4.78, 5) is 10.0. The molecule has 0 amide bonds. The van der Waals surface area contributed by atoms with Crippen LogP contribution in [0.4, 0.5) is 11.5 Å². The van der Waals surface area contributed by atoms with Crippen LogP contribution in [0.1, 0.15) is 13.8 Å². The average molecular weight is 258 g/mol. The van der Waals surface area contributed by atoms with Crippen molar-refractivity contribution in [1.82, 2.24) is 14.9 Å². The predicted octanol–water partition coefficient (Wildman–Crippen LogP) is 1.71. The van der Waals surface area contributed by atoms with Gasteiger partial charge >= 0.3 is 0 Å². The number of nitrogens with one attached hydrogen (secondary N) is 1. The molecule has 0 fully saturated rings. The van der Waals surface area contributed by atoms with Crippen LogP contribution in [0.3, 0.4) is 0 Å². The highest BCUT2D eigenvalue weighted by Gasteiger charge is 2.19. The summed E-state index contributed by atoms with van der Waals surface area (Å²) in [6.07, 6.45) is 1.40. The third kappa shape index (κ3) is 4.36. The van der Waals surface area contributed by atoms with Crippen molar-refractivity contribution in [2.45, 2.75) is 13.8 Å². The number of anilines is 2. The van der Waals surface area contributed by atoms with Gasteiger partial charge < -0.3 is 16.0 Å². The Labute approximate surface area is 107 Å². The summed E-state index contributed by atoms with van der Waals surface area (Å²) < 4.78 is 0. The van der Waals surface area contributed by atoms with E-state index in [2.05, 4.69) is 48.1 Å². The minimum atomic E-state index is 0.118. The zero-order chi connectivity index (χ0) is 13.1. The minimum absolute atomic E-state index is 0.118. The molecule has 0 atom stereocenters. The van der Waals surface area contributed by atoms with Gasteiger partial charge in [-0.3, -0.25) is 0 Å². The molecule has 3 N–H and O–H groups in total. The number of nitrogens with zero attached hydrogens (tertiary/aromatic N) is 3. The van der Waals surface area contributed by atoms with E-state index in [1.165, 1.54) is 6.33 Å². The molecule has 6 heteroatoms. The summed E-state index contributed by atoms with van der Waals surface area (Å²) in [5.74, 6) is 0.594.